The molecule has 2 aromatic rings. The van der Waals surface area contributed by atoms with Crippen molar-refractivity contribution in [3.63, 3.8) is 0 Å². The van der Waals surface area contributed by atoms with Gasteiger partial charge in [0.25, 0.3) is 5.91 Å². The van der Waals surface area contributed by atoms with Crippen LogP contribution in [-0.4, -0.2) is 87.5 Å². The predicted octanol–water partition coefficient (Wildman–Crippen LogP) is 1.48. The lowest BCUT2D eigenvalue weighted by Gasteiger charge is -2.34. The number of anilines is 1. The number of ether oxygens (including phenoxy) is 1. The van der Waals surface area contributed by atoms with E-state index in [2.05, 4.69) is 27.0 Å². The minimum Gasteiger partial charge on any atom is -0.379 e. The summed E-state index contributed by atoms with van der Waals surface area (Å²) in [5, 5.41) is 2.90. The highest BCUT2D eigenvalue weighted by Crippen LogP contribution is 2.21. The van der Waals surface area contributed by atoms with E-state index in [1.807, 2.05) is 12.1 Å². The van der Waals surface area contributed by atoms with Gasteiger partial charge in [-0.2, -0.15) is 4.31 Å². The lowest BCUT2D eigenvalue weighted by Crippen LogP contribution is -2.46. The molecule has 1 aromatic carbocycles. The van der Waals surface area contributed by atoms with Gasteiger partial charge in [0.1, 0.15) is 5.82 Å². The third kappa shape index (κ3) is 5.57. The average Bonchev–Trinajstić information content (AvgIpc) is 2.88. The number of hydrogen-bond donors (Lipinski definition) is 1. The Kier molecular flexibility index (Phi) is 7.82. The van der Waals surface area contributed by atoms with Crippen molar-refractivity contribution in [3.05, 3.63) is 53.2 Å². The van der Waals surface area contributed by atoms with Gasteiger partial charge in [0.2, 0.25) is 10.0 Å². The Morgan fingerprint density at radius 1 is 1.06 bits per heavy atom. The summed E-state index contributed by atoms with van der Waals surface area (Å²) >= 11 is 0. The number of amides is 1. The molecular formula is C24H33N5O4S. The van der Waals surface area contributed by atoms with Gasteiger partial charge in [-0.25, -0.2) is 13.4 Å². The number of aromatic nitrogens is 1. The minimum atomic E-state index is -3.67. The molecule has 0 unspecified atom stereocenters. The zero-order valence-electron chi connectivity index (χ0n) is 19.9. The van der Waals surface area contributed by atoms with Gasteiger partial charge in [0.15, 0.2) is 0 Å². The van der Waals surface area contributed by atoms with Gasteiger partial charge in [-0.15, -0.1) is 0 Å². The second-order valence-electron chi connectivity index (χ2n) is 8.62. The van der Waals surface area contributed by atoms with Gasteiger partial charge in [0.05, 0.1) is 18.1 Å². The fourth-order valence-electron chi connectivity index (χ4n) is 4.22. The number of rotatable bonds is 7. The van der Waals surface area contributed by atoms with E-state index in [0.717, 1.165) is 49.7 Å². The van der Waals surface area contributed by atoms with Crippen LogP contribution in [0.3, 0.4) is 0 Å². The zero-order chi connectivity index (χ0) is 24.1. The molecule has 0 atom stereocenters. The second kappa shape index (κ2) is 10.8. The van der Waals surface area contributed by atoms with Crippen molar-refractivity contribution >= 4 is 21.7 Å². The maximum atomic E-state index is 13.0. The van der Waals surface area contributed by atoms with E-state index < -0.39 is 10.0 Å². The first-order valence-corrected chi connectivity index (χ1v) is 13.2. The molecule has 1 amide bonds. The number of morpholine rings is 1. The van der Waals surface area contributed by atoms with Crippen LogP contribution in [0.2, 0.25) is 0 Å². The van der Waals surface area contributed by atoms with Crippen LogP contribution in [0.4, 0.5) is 5.82 Å². The first-order chi connectivity index (χ1) is 16.4. The van der Waals surface area contributed by atoms with Crippen LogP contribution < -0.4 is 10.2 Å². The number of sulfonamides is 1. The summed E-state index contributed by atoms with van der Waals surface area (Å²) in [4.78, 5) is 22.3. The first-order valence-electron chi connectivity index (χ1n) is 11.8. The molecule has 0 aliphatic carbocycles. The van der Waals surface area contributed by atoms with Crippen molar-refractivity contribution in [2.24, 2.45) is 0 Å². The van der Waals surface area contributed by atoms with Crippen molar-refractivity contribution in [1.82, 2.24) is 19.5 Å². The van der Waals surface area contributed by atoms with Gasteiger partial charge in [-0.05, 0) is 42.8 Å². The third-order valence-corrected chi connectivity index (χ3v) is 8.36. The molecule has 0 spiro atoms. The molecule has 9 nitrogen and oxygen atoms in total. The van der Waals surface area contributed by atoms with Crippen LogP contribution in [0, 0.1) is 6.92 Å². The molecule has 34 heavy (non-hydrogen) atoms. The molecule has 10 heteroatoms. The van der Waals surface area contributed by atoms with Crippen LogP contribution in [0.25, 0.3) is 0 Å². The van der Waals surface area contributed by atoms with Gasteiger partial charge in [-0.1, -0.05) is 19.1 Å². The van der Waals surface area contributed by atoms with Crippen molar-refractivity contribution in [2.45, 2.75) is 25.3 Å². The number of carbonyl (C=O) groups is 1. The second-order valence-corrected chi connectivity index (χ2v) is 10.6. The summed E-state index contributed by atoms with van der Waals surface area (Å²) in [7, 11) is -3.67. The quantitative estimate of drug-likeness (QED) is 0.632. The summed E-state index contributed by atoms with van der Waals surface area (Å²) in [5.41, 5.74) is 1.96. The third-order valence-electron chi connectivity index (χ3n) is 6.47. The maximum Gasteiger partial charge on any atom is 0.251 e. The molecule has 1 N–H and O–H groups in total. The van der Waals surface area contributed by atoms with Gasteiger partial charge in [0, 0.05) is 57.6 Å². The highest BCUT2D eigenvalue weighted by atomic mass is 32.2. The number of likely N-dealkylation sites (N-methyl/N-ethyl adjacent to an activating group) is 1. The Morgan fingerprint density at radius 3 is 2.44 bits per heavy atom. The normalized spacial score (nSPS) is 18.1. The van der Waals surface area contributed by atoms with Gasteiger partial charge in [-0.3, -0.25) is 4.79 Å². The number of benzene rings is 1. The van der Waals surface area contributed by atoms with Gasteiger partial charge < -0.3 is 19.9 Å². The fourth-order valence-corrected chi connectivity index (χ4v) is 5.66. The number of hydrogen-bond acceptors (Lipinski definition) is 7. The van der Waals surface area contributed by atoms with Crippen LogP contribution in [-0.2, 0) is 21.3 Å². The largest absolute Gasteiger partial charge is 0.379 e. The lowest BCUT2D eigenvalue weighted by atomic mass is 10.1. The predicted molar refractivity (Wildman–Crippen MR) is 130 cm³/mol. The van der Waals surface area contributed by atoms with E-state index in [4.69, 9.17) is 4.74 Å². The van der Waals surface area contributed by atoms with Crippen molar-refractivity contribution in [2.75, 3.05) is 63.9 Å². The van der Waals surface area contributed by atoms with Crippen LogP contribution in [0.15, 0.2) is 41.4 Å². The minimum absolute atomic E-state index is 0.124. The summed E-state index contributed by atoms with van der Waals surface area (Å²) in [6, 6.07) is 8.66. The Balaban J connectivity index is 1.39. The topological polar surface area (TPSA) is 95.1 Å². The monoisotopic (exact) mass is 487 g/mol. The lowest BCUT2D eigenvalue weighted by molar-refractivity contribution is 0.0730. The van der Waals surface area contributed by atoms with E-state index in [-0.39, 0.29) is 10.8 Å². The van der Waals surface area contributed by atoms with E-state index in [9.17, 15) is 13.2 Å². The number of aryl methyl sites for hydroxylation is 1. The fraction of sp³-hybridized carbons (Fsp3) is 0.500. The standard InChI is InChI=1S/C24H33N5O4S/c1-3-27-8-10-28(11-9-27)23-7-5-20(17-25-23)18-26-24(30)22-16-21(6-4-19(22)2)34(31,32)29-12-14-33-15-13-29/h4-7,16-17H,3,8-15,18H2,1-2H3,(H,26,30). The van der Waals surface area contributed by atoms with Crippen LogP contribution in [0.1, 0.15) is 28.4 Å². The van der Waals surface area contributed by atoms with E-state index in [0.29, 0.717) is 38.4 Å². The Labute approximate surface area is 201 Å². The molecule has 0 saturated carbocycles. The molecule has 1 aromatic heterocycles. The van der Waals surface area contributed by atoms with Gasteiger partial charge >= 0.3 is 0 Å². The summed E-state index contributed by atoms with van der Waals surface area (Å²) in [6.07, 6.45) is 1.79. The molecule has 0 bridgehead atoms. The molecule has 0 radical (unpaired) electrons. The molecule has 3 heterocycles. The molecule has 2 fully saturated rings. The maximum absolute atomic E-state index is 13.0. The van der Waals surface area contributed by atoms with E-state index in [1.54, 1.807) is 25.3 Å². The summed E-state index contributed by atoms with van der Waals surface area (Å²) in [6.45, 7) is 10.7. The average molecular weight is 488 g/mol. The SMILES string of the molecule is CCN1CCN(c2ccc(CNC(=O)c3cc(S(=O)(=O)N4CCOCC4)ccc3C)cn2)CC1. The molecule has 2 aliphatic rings. The number of pyridine rings is 1. The molecule has 184 valence electrons. The number of nitrogens with one attached hydrogen (secondary N) is 1. The Bertz CT molecular complexity index is 1090. The summed E-state index contributed by atoms with van der Waals surface area (Å²) in [5.74, 6) is 0.638. The molecule has 4 rings (SSSR count). The molecule has 2 saturated heterocycles. The van der Waals surface area contributed by atoms with Crippen molar-refractivity contribution in [1.29, 1.82) is 0 Å². The van der Waals surface area contributed by atoms with Crippen molar-refractivity contribution < 1.29 is 17.9 Å². The first kappa shape index (κ1) is 24.6. The molecular weight excluding hydrogens is 454 g/mol. The Hall–Kier alpha value is -2.53. The smallest absolute Gasteiger partial charge is 0.251 e. The van der Waals surface area contributed by atoms with Crippen molar-refractivity contribution in [3.8, 4) is 0 Å². The van der Waals surface area contributed by atoms with Crippen LogP contribution >= 0.6 is 0 Å². The van der Waals surface area contributed by atoms with E-state index >= 15 is 0 Å². The Morgan fingerprint density at radius 2 is 1.79 bits per heavy atom. The van der Waals surface area contributed by atoms with E-state index in [1.165, 1.54) is 10.4 Å². The molecule has 2 aliphatic heterocycles. The zero-order valence-corrected chi connectivity index (χ0v) is 20.7. The summed E-state index contributed by atoms with van der Waals surface area (Å²) < 4.78 is 32.6. The number of piperazine rings is 1. The highest BCUT2D eigenvalue weighted by Gasteiger charge is 2.27. The highest BCUT2D eigenvalue weighted by molar-refractivity contribution is 7.89. The van der Waals surface area contributed by atoms with Crippen LogP contribution in [0.5, 0.6) is 0 Å². The number of carbonyl (C=O) groups excluding carboxylic acids is 1. The number of nitrogens with zero attached hydrogens (tertiary/aromatic N) is 4.